The van der Waals surface area contributed by atoms with Crippen molar-refractivity contribution in [3.63, 3.8) is 0 Å². The molecule has 1 aromatic carbocycles. The fourth-order valence-electron chi connectivity index (χ4n) is 1.63. The van der Waals surface area contributed by atoms with Crippen LogP contribution in [0.25, 0.3) is 0 Å². The van der Waals surface area contributed by atoms with Crippen molar-refractivity contribution in [1.29, 1.82) is 0 Å². The molecule has 2 nitrogen and oxygen atoms in total. The number of hydrogen-bond acceptors (Lipinski definition) is 3. The highest BCUT2D eigenvalue weighted by molar-refractivity contribution is 7.11. The summed E-state index contributed by atoms with van der Waals surface area (Å²) in [7, 11) is 0. The third-order valence-electron chi connectivity index (χ3n) is 2.64. The molecular weight excluding hydrogens is 309 g/mol. The van der Waals surface area contributed by atoms with Gasteiger partial charge in [-0.15, -0.1) is 11.3 Å². The Labute approximate surface area is 123 Å². The van der Waals surface area contributed by atoms with Gasteiger partial charge in [-0.25, -0.2) is 4.98 Å². The lowest BCUT2D eigenvalue weighted by Crippen LogP contribution is -2.07. The lowest BCUT2D eigenvalue weighted by Gasteiger charge is -2.11. The molecule has 1 heterocycles. The Kier molecular flexibility index (Phi) is 4.55. The van der Waals surface area contributed by atoms with Crippen LogP contribution in [0.2, 0.25) is 5.02 Å². The molecule has 0 saturated heterocycles. The summed E-state index contributed by atoms with van der Waals surface area (Å²) in [4.78, 5) is 5.17. The van der Waals surface area contributed by atoms with Crippen LogP contribution in [-0.4, -0.2) is 4.98 Å². The van der Waals surface area contributed by atoms with Gasteiger partial charge in [0.15, 0.2) is 0 Å². The highest BCUT2D eigenvalue weighted by atomic mass is 35.5. The van der Waals surface area contributed by atoms with Gasteiger partial charge in [0.2, 0.25) is 0 Å². The number of nitrogens with one attached hydrogen (secondary N) is 1. The zero-order valence-corrected chi connectivity index (χ0v) is 12.2. The summed E-state index contributed by atoms with van der Waals surface area (Å²) in [6.07, 6.45) is -1.87. The first-order valence-electron chi connectivity index (χ1n) is 5.94. The van der Waals surface area contributed by atoms with Crippen LogP contribution in [0.5, 0.6) is 0 Å². The topological polar surface area (TPSA) is 24.9 Å². The molecule has 7 heteroatoms. The Balaban J connectivity index is 2.10. The summed E-state index contributed by atoms with van der Waals surface area (Å²) in [5.41, 5.74) is -0.448. The molecule has 2 rings (SSSR count). The summed E-state index contributed by atoms with van der Waals surface area (Å²) >= 11 is 7.11. The van der Waals surface area contributed by atoms with E-state index in [1.807, 2.05) is 6.92 Å². The second-order valence-corrected chi connectivity index (χ2v) is 5.73. The fraction of sp³-hybridized carbons (Fsp3) is 0.308. The number of anilines is 1. The monoisotopic (exact) mass is 320 g/mol. The van der Waals surface area contributed by atoms with Gasteiger partial charge in [-0.1, -0.05) is 18.5 Å². The van der Waals surface area contributed by atoms with Crippen LogP contribution in [-0.2, 0) is 19.1 Å². The van der Waals surface area contributed by atoms with Gasteiger partial charge >= 0.3 is 6.18 Å². The Bertz CT molecular complexity index is 596. The van der Waals surface area contributed by atoms with Crippen molar-refractivity contribution < 1.29 is 13.2 Å². The summed E-state index contributed by atoms with van der Waals surface area (Å²) in [6.45, 7) is 2.45. The Morgan fingerprint density at radius 2 is 2.10 bits per heavy atom. The van der Waals surface area contributed by atoms with Gasteiger partial charge in [-0.05, 0) is 24.6 Å². The highest BCUT2D eigenvalue weighted by Gasteiger charge is 2.33. The molecule has 0 aliphatic heterocycles. The maximum atomic E-state index is 12.7. The van der Waals surface area contributed by atoms with E-state index in [2.05, 4.69) is 10.3 Å². The smallest absolute Gasteiger partial charge is 0.380 e. The molecule has 108 valence electrons. The van der Waals surface area contributed by atoms with Crippen LogP contribution in [0.15, 0.2) is 24.4 Å². The number of alkyl halides is 3. The highest BCUT2D eigenvalue weighted by Crippen LogP contribution is 2.36. The normalized spacial score (nSPS) is 11.7. The van der Waals surface area contributed by atoms with Gasteiger partial charge < -0.3 is 5.32 Å². The lowest BCUT2D eigenvalue weighted by atomic mass is 10.2. The first-order chi connectivity index (χ1) is 9.40. The summed E-state index contributed by atoms with van der Waals surface area (Å²) in [6, 6.07) is 3.79. The molecular formula is C13H12ClF3N2S. The first-order valence-corrected chi connectivity index (χ1v) is 7.13. The Morgan fingerprint density at radius 1 is 1.35 bits per heavy atom. The van der Waals surface area contributed by atoms with Crippen LogP contribution in [0.3, 0.4) is 0 Å². The molecule has 0 radical (unpaired) electrons. The molecule has 0 unspecified atom stereocenters. The van der Waals surface area contributed by atoms with Crippen LogP contribution in [0.1, 0.15) is 22.4 Å². The second-order valence-electron chi connectivity index (χ2n) is 4.12. The number of aromatic nitrogens is 1. The molecule has 0 amide bonds. The molecule has 1 aromatic heterocycles. The number of aryl methyl sites for hydroxylation is 1. The maximum absolute atomic E-state index is 12.7. The third kappa shape index (κ3) is 3.64. The van der Waals surface area contributed by atoms with E-state index in [0.717, 1.165) is 22.4 Å². The van der Waals surface area contributed by atoms with Crippen molar-refractivity contribution in [1.82, 2.24) is 4.98 Å². The van der Waals surface area contributed by atoms with Crippen molar-refractivity contribution in [3.05, 3.63) is 44.9 Å². The predicted molar refractivity (Wildman–Crippen MR) is 75.3 cm³/mol. The fourth-order valence-corrected chi connectivity index (χ4v) is 2.66. The number of thiazole rings is 1. The molecule has 20 heavy (non-hydrogen) atoms. The van der Waals surface area contributed by atoms with E-state index >= 15 is 0 Å². The third-order valence-corrected chi connectivity index (χ3v) is 4.11. The largest absolute Gasteiger partial charge is 0.417 e. The maximum Gasteiger partial charge on any atom is 0.417 e. The van der Waals surface area contributed by atoms with Crippen LogP contribution < -0.4 is 5.32 Å². The molecule has 0 bridgehead atoms. The van der Waals surface area contributed by atoms with E-state index in [1.54, 1.807) is 17.5 Å². The number of nitrogens with zero attached hydrogens (tertiary/aromatic N) is 1. The molecule has 0 aliphatic carbocycles. The Hall–Kier alpha value is -1.27. The van der Waals surface area contributed by atoms with Gasteiger partial charge in [0, 0.05) is 16.8 Å². The van der Waals surface area contributed by atoms with Crippen molar-refractivity contribution in [2.24, 2.45) is 0 Å². The zero-order chi connectivity index (χ0) is 14.8. The van der Waals surface area contributed by atoms with E-state index in [-0.39, 0.29) is 5.02 Å². The number of benzene rings is 1. The van der Waals surface area contributed by atoms with Gasteiger partial charge in [0.25, 0.3) is 0 Å². The quantitative estimate of drug-likeness (QED) is 0.858. The number of halogens is 4. The van der Waals surface area contributed by atoms with E-state index in [4.69, 9.17) is 11.6 Å². The minimum atomic E-state index is -4.45. The lowest BCUT2D eigenvalue weighted by molar-refractivity contribution is -0.137. The molecule has 0 aliphatic rings. The zero-order valence-electron chi connectivity index (χ0n) is 10.6. The van der Waals surface area contributed by atoms with E-state index in [1.165, 1.54) is 12.1 Å². The molecule has 2 aromatic rings. The average molecular weight is 321 g/mol. The summed E-state index contributed by atoms with van der Waals surface area (Å²) < 4.78 is 38.2. The van der Waals surface area contributed by atoms with E-state index < -0.39 is 11.7 Å². The van der Waals surface area contributed by atoms with Crippen molar-refractivity contribution >= 4 is 28.6 Å². The number of rotatable bonds is 4. The van der Waals surface area contributed by atoms with Gasteiger partial charge in [-0.2, -0.15) is 13.2 Å². The summed E-state index contributed by atoms with van der Waals surface area (Å²) in [5.74, 6) is 0. The van der Waals surface area contributed by atoms with E-state index in [9.17, 15) is 13.2 Å². The summed E-state index contributed by atoms with van der Waals surface area (Å²) in [5, 5.41) is 3.66. The van der Waals surface area contributed by atoms with Crippen LogP contribution >= 0.6 is 22.9 Å². The average Bonchev–Trinajstić information content (AvgIpc) is 2.84. The van der Waals surface area contributed by atoms with Crippen LogP contribution in [0, 0.1) is 0 Å². The molecule has 0 spiro atoms. The van der Waals surface area contributed by atoms with E-state index in [0.29, 0.717) is 12.2 Å². The minimum Gasteiger partial charge on any atom is -0.380 e. The molecule has 0 atom stereocenters. The second kappa shape index (κ2) is 6.01. The molecule has 1 N–H and O–H groups in total. The van der Waals surface area contributed by atoms with Crippen LogP contribution in [0.4, 0.5) is 18.9 Å². The van der Waals surface area contributed by atoms with Crippen molar-refractivity contribution in [2.45, 2.75) is 26.1 Å². The van der Waals surface area contributed by atoms with Gasteiger partial charge in [0.05, 0.1) is 22.1 Å². The molecule has 0 fully saturated rings. The van der Waals surface area contributed by atoms with Crippen molar-refractivity contribution in [2.75, 3.05) is 5.32 Å². The predicted octanol–water partition coefficient (Wildman–Crippen LogP) is 4.99. The first kappa shape index (κ1) is 15.1. The van der Waals surface area contributed by atoms with Gasteiger partial charge in [0.1, 0.15) is 0 Å². The number of hydrogen-bond donors (Lipinski definition) is 1. The SMILES string of the molecule is CCc1ncc(CNc2ccc(Cl)c(C(F)(F)F)c2)s1. The Morgan fingerprint density at radius 3 is 2.70 bits per heavy atom. The van der Waals surface area contributed by atoms with Crippen molar-refractivity contribution in [3.8, 4) is 0 Å². The molecule has 0 saturated carbocycles. The van der Waals surface area contributed by atoms with Gasteiger partial charge in [-0.3, -0.25) is 0 Å². The standard InChI is InChI=1S/C13H12ClF3N2S/c1-2-12-19-7-9(20-12)6-18-8-3-4-11(14)10(5-8)13(15,16)17/h3-5,7,18H,2,6H2,1H3. The minimum absolute atomic E-state index is 0.297.